The zero-order valence-corrected chi connectivity index (χ0v) is 7.42. The van der Waals surface area contributed by atoms with E-state index in [4.69, 9.17) is 4.74 Å². The molecule has 0 radical (unpaired) electrons. The lowest BCUT2D eigenvalue weighted by atomic mass is 9.84. The van der Waals surface area contributed by atoms with Crippen LogP contribution in [-0.2, 0) is 14.3 Å². The molecule has 1 saturated heterocycles. The predicted molar refractivity (Wildman–Crippen MR) is 44.8 cm³/mol. The highest BCUT2D eigenvalue weighted by Gasteiger charge is 2.45. The second kappa shape index (κ2) is 2.67. The first-order valence-corrected chi connectivity index (χ1v) is 4.39. The molecule has 1 N–H and O–H groups in total. The van der Waals surface area contributed by atoms with Gasteiger partial charge in [-0.3, -0.25) is 14.9 Å². The maximum atomic E-state index is 11.3. The van der Waals surface area contributed by atoms with E-state index >= 15 is 0 Å². The summed E-state index contributed by atoms with van der Waals surface area (Å²) in [5.74, 6) is -0.630. The molecule has 2 aliphatic rings. The molecule has 0 bridgehead atoms. The molecule has 4 nitrogen and oxygen atoms in total. The highest BCUT2D eigenvalue weighted by Crippen LogP contribution is 2.38. The van der Waals surface area contributed by atoms with Crippen LogP contribution in [0.4, 0.5) is 0 Å². The first-order valence-electron chi connectivity index (χ1n) is 4.39. The molecule has 1 fully saturated rings. The van der Waals surface area contributed by atoms with Crippen molar-refractivity contribution in [1.82, 2.24) is 5.32 Å². The van der Waals surface area contributed by atoms with Gasteiger partial charge in [0.05, 0.1) is 12.2 Å². The quantitative estimate of drug-likeness (QED) is 0.616. The number of hydrogen-bond acceptors (Lipinski definition) is 3. The van der Waals surface area contributed by atoms with E-state index in [1.165, 1.54) is 6.08 Å². The van der Waals surface area contributed by atoms with Gasteiger partial charge in [0.2, 0.25) is 0 Å². The summed E-state index contributed by atoms with van der Waals surface area (Å²) in [7, 11) is 0. The average Bonchev–Trinajstić information content (AvgIpc) is 2.30. The minimum Gasteiger partial charge on any atom is -0.370 e. The van der Waals surface area contributed by atoms with Gasteiger partial charge in [-0.2, -0.15) is 0 Å². The molecular weight excluding hydrogens is 170 g/mol. The highest BCUT2D eigenvalue weighted by atomic mass is 16.5. The van der Waals surface area contributed by atoms with Gasteiger partial charge in [0.25, 0.3) is 11.8 Å². The third-order valence-electron chi connectivity index (χ3n) is 2.70. The lowest BCUT2D eigenvalue weighted by Gasteiger charge is -2.41. The molecule has 70 valence electrons. The highest BCUT2D eigenvalue weighted by molar-refractivity contribution is 6.17. The van der Waals surface area contributed by atoms with E-state index in [0.717, 1.165) is 12.8 Å². The predicted octanol–water partition coefficient (Wildman–Crippen LogP) is 0.138. The van der Waals surface area contributed by atoms with Crippen LogP contribution in [0, 0.1) is 0 Å². The van der Waals surface area contributed by atoms with Gasteiger partial charge in [-0.05, 0) is 6.42 Å². The van der Waals surface area contributed by atoms with E-state index in [9.17, 15) is 9.59 Å². The van der Waals surface area contributed by atoms with Crippen molar-refractivity contribution in [2.24, 2.45) is 0 Å². The molecule has 0 aromatic carbocycles. The van der Waals surface area contributed by atoms with E-state index in [2.05, 4.69) is 5.32 Å². The van der Waals surface area contributed by atoms with Gasteiger partial charge in [0.1, 0.15) is 5.60 Å². The van der Waals surface area contributed by atoms with Crippen molar-refractivity contribution in [2.45, 2.75) is 25.4 Å². The van der Waals surface area contributed by atoms with E-state index in [1.54, 1.807) is 0 Å². The SMILES string of the molecule is CCC1(C2=CC(=O)NC2=O)CCO1. The van der Waals surface area contributed by atoms with Crippen LogP contribution in [0.3, 0.4) is 0 Å². The second-order valence-corrected chi connectivity index (χ2v) is 3.32. The Balaban J connectivity index is 2.29. The van der Waals surface area contributed by atoms with Crippen molar-refractivity contribution in [3.8, 4) is 0 Å². The zero-order valence-electron chi connectivity index (χ0n) is 7.42. The number of carbonyl (C=O) groups is 2. The monoisotopic (exact) mass is 181 g/mol. The van der Waals surface area contributed by atoms with Crippen LogP contribution in [0.1, 0.15) is 19.8 Å². The van der Waals surface area contributed by atoms with Crippen molar-refractivity contribution in [3.63, 3.8) is 0 Å². The largest absolute Gasteiger partial charge is 0.370 e. The van der Waals surface area contributed by atoms with Crippen LogP contribution in [0.2, 0.25) is 0 Å². The van der Waals surface area contributed by atoms with Crippen molar-refractivity contribution < 1.29 is 14.3 Å². The van der Waals surface area contributed by atoms with Gasteiger partial charge in [-0.25, -0.2) is 0 Å². The van der Waals surface area contributed by atoms with Gasteiger partial charge >= 0.3 is 0 Å². The smallest absolute Gasteiger partial charge is 0.257 e. The Kier molecular flexibility index (Phi) is 1.73. The average molecular weight is 181 g/mol. The minimum atomic E-state index is -0.476. The standard InChI is InChI=1S/C9H11NO3/c1-2-9(3-4-13-9)6-5-7(11)10-8(6)12/h5H,2-4H2,1H3,(H,10,11,12). The summed E-state index contributed by atoms with van der Waals surface area (Å²) in [6.07, 6.45) is 2.92. The fourth-order valence-electron chi connectivity index (χ4n) is 1.78. The first kappa shape index (κ1) is 8.44. The molecule has 0 spiro atoms. The molecule has 0 aromatic heterocycles. The number of amides is 2. The molecular formula is C9H11NO3. The fourth-order valence-corrected chi connectivity index (χ4v) is 1.78. The zero-order chi connectivity index (χ0) is 9.47. The topological polar surface area (TPSA) is 55.4 Å². The molecule has 0 aliphatic carbocycles. The first-order chi connectivity index (χ1) is 6.18. The Morgan fingerprint density at radius 1 is 1.62 bits per heavy atom. The summed E-state index contributed by atoms with van der Waals surface area (Å²) in [6, 6.07) is 0. The Hall–Kier alpha value is -1.16. The summed E-state index contributed by atoms with van der Waals surface area (Å²) in [4.78, 5) is 22.2. The third kappa shape index (κ3) is 1.09. The Labute approximate surface area is 75.9 Å². The van der Waals surface area contributed by atoms with Crippen molar-refractivity contribution in [2.75, 3.05) is 6.61 Å². The number of hydrogen-bond donors (Lipinski definition) is 1. The Morgan fingerprint density at radius 2 is 2.31 bits per heavy atom. The van der Waals surface area contributed by atoms with Crippen LogP contribution in [0.25, 0.3) is 0 Å². The molecule has 0 saturated carbocycles. The summed E-state index contributed by atoms with van der Waals surface area (Å²) in [5, 5.41) is 2.22. The maximum Gasteiger partial charge on any atom is 0.257 e. The van der Waals surface area contributed by atoms with E-state index in [0.29, 0.717) is 12.2 Å². The van der Waals surface area contributed by atoms with Crippen molar-refractivity contribution >= 4 is 11.8 Å². The molecule has 2 aliphatic heterocycles. The van der Waals surface area contributed by atoms with E-state index < -0.39 is 5.60 Å². The second-order valence-electron chi connectivity index (χ2n) is 3.32. The molecule has 1 atom stereocenters. The van der Waals surface area contributed by atoms with Crippen LogP contribution < -0.4 is 5.32 Å². The van der Waals surface area contributed by atoms with Gasteiger partial charge in [-0.1, -0.05) is 6.92 Å². The molecule has 2 heterocycles. The molecule has 1 unspecified atom stereocenters. The fraction of sp³-hybridized carbons (Fsp3) is 0.556. The van der Waals surface area contributed by atoms with E-state index in [-0.39, 0.29) is 11.8 Å². The van der Waals surface area contributed by atoms with Gasteiger partial charge < -0.3 is 4.74 Å². The molecule has 2 rings (SSSR count). The van der Waals surface area contributed by atoms with Crippen LogP contribution >= 0.6 is 0 Å². The normalized spacial score (nSPS) is 32.5. The summed E-state index contributed by atoms with van der Waals surface area (Å²) < 4.78 is 5.39. The van der Waals surface area contributed by atoms with Gasteiger partial charge in [0.15, 0.2) is 0 Å². The lowest BCUT2D eigenvalue weighted by molar-refractivity contribution is -0.138. The number of rotatable bonds is 2. The van der Waals surface area contributed by atoms with Crippen LogP contribution in [-0.4, -0.2) is 24.0 Å². The Morgan fingerprint density at radius 3 is 2.62 bits per heavy atom. The lowest BCUT2D eigenvalue weighted by Crippen LogP contribution is -2.47. The number of ether oxygens (including phenoxy) is 1. The molecule has 4 heteroatoms. The summed E-state index contributed by atoms with van der Waals surface area (Å²) >= 11 is 0. The summed E-state index contributed by atoms with van der Waals surface area (Å²) in [6.45, 7) is 2.63. The molecule has 0 aromatic rings. The number of carbonyl (C=O) groups excluding carboxylic acids is 2. The maximum absolute atomic E-state index is 11.3. The van der Waals surface area contributed by atoms with Crippen molar-refractivity contribution in [1.29, 1.82) is 0 Å². The van der Waals surface area contributed by atoms with Gasteiger partial charge in [-0.15, -0.1) is 0 Å². The Bertz CT molecular complexity index is 296. The van der Waals surface area contributed by atoms with Crippen LogP contribution in [0.5, 0.6) is 0 Å². The third-order valence-corrected chi connectivity index (χ3v) is 2.70. The summed E-state index contributed by atoms with van der Waals surface area (Å²) in [5.41, 5.74) is 0.0159. The van der Waals surface area contributed by atoms with Crippen molar-refractivity contribution in [3.05, 3.63) is 11.6 Å². The number of nitrogens with one attached hydrogen (secondary N) is 1. The molecule has 13 heavy (non-hydrogen) atoms. The minimum absolute atomic E-state index is 0.299. The van der Waals surface area contributed by atoms with Gasteiger partial charge in [0, 0.05) is 12.5 Å². The van der Waals surface area contributed by atoms with E-state index in [1.807, 2.05) is 6.92 Å². The van der Waals surface area contributed by atoms with Crippen LogP contribution in [0.15, 0.2) is 11.6 Å². The number of imide groups is 1. The molecule has 2 amide bonds.